The molecule has 0 spiro atoms. The SMILES string of the molecule is CC(CNC1(C)CCOC1)C(=O)OCc1ccccc1. The predicted molar refractivity (Wildman–Crippen MR) is 77.2 cm³/mol. The quantitative estimate of drug-likeness (QED) is 0.809. The van der Waals surface area contributed by atoms with Gasteiger partial charge in [0.1, 0.15) is 6.61 Å². The van der Waals surface area contributed by atoms with Gasteiger partial charge < -0.3 is 14.8 Å². The van der Waals surface area contributed by atoms with E-state index in [1.807, 2.05) is 37.3 Å². The fourth-order valence-electron chi connectivity index (χ4n) is 2.16. The molecule has 110 valence electrons. The van der Waals surface area contributed by atoms with Crippen molar-refractivity contribution in [2.75, 3.05) is 19.8 Å². The number of esters is 1. The number of rotatable bonds is 6. The van der Waals surface area contributed by atoms with Crippen molar-refractivity contribution in [3.05, 3.63) is 35.9 Å². The molecule has 0 bridgehead atoms. The molecule has 4 nitrogen and oxygen atoms in total. The molecule has 1 heterocycles. The summed E-state index contributed by atoms with van der Waals surface area (Å²) in [6.07, 6.45) is 0.985. The van der Waals surface area contributed by atoms with E-state index in [1.165, 1.54) is 0 Å². The maximum absolute atomic E-state index is 11.9. The molecule has 0 aliphatic carbocycles. The zero-order valence-electron chi connectivity index (χ0n) is 12.2. The van der Waals surface area contributed by atoms with E-state index in [9.17, 15) is 4.79 Å². The van der Waals surface area contributed by atoms with Crippen LogP contribution in [0.4, 0.5) is 0 Å². The minimum absolute atomic E-state index is 0.00598. The molecule has 1 aliphatic heterocycles. The van der Waals surface area contributed by atoms with Crippen LogP contribution in [-0.4, -0.2) is 31.3 Å². The van der Waals surface area contributed by atoms with Gasteiger partial charge in [-0.1, -0.05) is 37.3 Å². The normalized spacial score (nSPS) is 23.5. The number of benzene rings is 1. The monoisotopic (exact) mass is 277 g/mol. The zero-order valence-corrected chi connectivity index (χ0v) is 12.2. The Morgan fingerprint density at radius 2 is 2.20 bits per heavy atom. The molecule has 2 unspecified atom stereocenters. The van der Waals surface area contributed by atoms with Crippen LogP contribution in [0.1, 0.15) is 25.8 Å². The van der Waals surface area contributed by atoms with E-state index in [-0.39, 0.29) is 17.4 Å². The van der Waals surface area contributed by atoms with Crippen molar-refractivity contribution in [1.82, 2.24) is 5.32 Å². The van der Waals surface area contributed by atoms with Crippen molar-refractivity contribution < 1.29 is 14.3 Å². The zero-order chi connectivity index (χ0) is 14.4. The van der Waals surface area contributed by atoms with Crippen molar-refractivity contribution in [2.45, 2.75) is 32.4 Å². The lowest BCUT2D eigenvalue weighted by Crippen LogP contribution is -2.45. The molecular weight excluding hydrogens is 254 g/mol. The predicted octanol–water partition coefficient (Wildman–Crippen LogP) is 2.13. The molecule has 4 heteroatoms. The maximum atomic E-state index is 11.9. The standard InChI is InChI=1S/C16H23NO3/c1-13(10-17-16(2)8-9-19-12-16)15(18)20-11-14-6-4-3-5-7-14/h3-7,13,17H,8-12H2,1-2H3. The molecule has 2 rings (SSSR count). The Balaban J connectivity index is 1.72. The number of hydrogen-bond acceptors (Lipinski definition) is 4. The summed E-state index contributed by atoms with van der Waals surface area (Å²) in [4.78, 5) is 11.9. The van der Waals surface area contributed by atoms with Gasteiger partial charge in [-0.2, -0.15) is 0 Å². The smallest absolute Gasteiger partial charge is 0.310 e. The molecule has 2 atom stereocenters. The lowest BCUT2D eigenvalue weighted by Gasteiger charge is -2.25. The molecule has 0 aromatic heterocycles. The Bertz CT molecular complexity index is 427. The van der Waals surface area contributed by atoms with E-state index in [0.717, 1.165) is 18.6 Å². The molecule has 0 radical (unpaired) electrons. The van der Waals surface area contributed by atoms with Gasteiger partial charge in [-0.25, -0.2) is 0 Å². The summed E-state index contributed by atoms with van der Waals surface area (Å²) in [6, 6.07) is 9.73. The van der Waals surface area contributed by atoms with Crippen molar-refractivity contribution in [2.24, 2.45) is 5.92 Å². The van der Waals surface area contributed by atoms with Gasteiger partial charge in [0.25, 0.3) is 0 Å². The summed E-state index contributed by atoms with van der Waals surface area (Å²) in [7, 11) is 0. The van der Waals surface area contributed by atoms with Gasteiger partial charge in [-0.3, -0.25) is 4.79 Å². The molecule has 1 aromatic rings. The summed E-state index contributed by atoms with van der Waals surface area (Å²) in [5, 5.41) is 3.41. The number of carbonyl (C=O) groups is 1. The summed E-state index contributed by atoms with van der Waals surface area (Å²) in [5.74, 6) is -0.319. The van der Waals surface area contributed by atoms with Gasteiger partial charge in [0.2, 0.25) is 0 Å². The maximum Gasteiger partial charge on any atom is 0.310 e. The third-order valence-corrected chi connectivity index (χ3v) is 3.68. The van der Waals surface area contributed by atoms with Gasteiger partial charge in [0.15, 0.2) is 0 Å². The highest BCUT2D eigenvalue weighted by molar-refractivity contribution is 5.72. The van der Waals surface area contributed by atoms with Gasteiger partial charge in [0, 0.05) is 18.7 Å². The average Bonchev–Trinajstić information content (AvgIpc) is 2.90. The summed E-state index contributed by atoms with van der Waals surface area (Å²) in [5.41, 5.74) is 1.01. The van der Waals surface area contributed by atoms with E-state index in [0.29, 0.717) is 19.8 Å². The van der Waals surface area contributed by atoms with Crippen LogP contribution in [0.5, 0.6) is 0 Å². The molecule has 0 saturated carbocycles. The van der Waals surface area contributed by atoms with Gasteiger partial charge in [0.05, 0.1) is 12.5 Å². The summed E-state index contributed by atoms with van der Waals surface area (Å²) in [6.45, 7) is 6.47. The molecule has 0 amide bonds. The molecule has 1 saturated heterocycles. The fraction of sp³-hybridized carbons (Fsp3) is 0.562. The number of nitrogens with one attached hydrogen (secondary N) is 1. The second-order valence-corrected chi connectivity index (χ2v) is 5.74. The third kappa shape index (κ3) is 4.32. The Morgan fingerprint density at radius 1 is 1.45 bits per heavy atom. The lowest BCUT2D eigenvalue weighted by molar-refractivity contribution is -0.149. The van der Waals surface area contributed by atoms with Crippen LogP contribution in [0.15, 0.2) is 30.3 Å². The Labute approximate surface area is 120 Å². The first kappa shape index (κ1) is 15.0. The molecule has 1 aliphatic rings. The second-order valence-electron chi connectivity index (χ2n) is 5.74. The number of carbonyl (C=O) groups excluding carboxylic acids is 1. The average molecular weight is 277 g/mol. The Hall–Kier alpha value is -1.39. The first-order valence-corrected chi connectivity index (χ1v) is 7.12. The first-order valence-electron chi connectivity index (χ1n) is 7.12. The van der Waals surface area contributed by atoms with Crippen LogP contribution in [0.25, 0.3) is 0 Å². The fourth-order valence-corrected chi connectivity index (χ4v) is 2.16. The first-order chi connectivity index (χ1) is 9.59. The highest BCUT2D eigenvalue weighted by Crippen LogP contribution is 2.17. The van der Waals surface area contributed by atoms with Crippen LogP contribution in [0.2, 0.25) is 0 Å². The molecule has 20 heavy (non-hydrogen) atoms. The van der Waals surface area contributed by atoms with Crippen LogP contribution in [0.3, 0.4) is 0 Å². The molecule has 1 aromatic carbocycles. The summed E-state index contributed by atoms with van der Waals surface area (Å²) < 4.78 is 10.7. The Morgan fingerprint density at radius 3 is 2.85 bits per heavy atom. The van der Waals surface area contributed by atoms with E-state index in [2.05, 4.69) is 12.2 Å². The number of ether oxygens (including phenoxy) is 2. The lowest BCUT2D eigenvalue weighted by atomic mass is 10.0. The number of hydrogen-bond donors (Lipinski definition) is 1. The van der Waals surface area contributed by atoms with Crippen molar-refractivity contribution >= 4 is 5.97 Å². The van der Waals surface area contributed by atoms with Crippen LogP contribution < -0.4 is 5.32 Å². The van der Waals surface area contributed by atoms with Crippen molar-refractivity contribution in [3.63, 3.8) is 0 Å². The molecule has 1 N–H and O–H groups in total. The van der Waals surface area contributed by atoms with Crippen molar-refractivity contribution in [3.8, 4) is 0 Å². The minimum Gasteiger partial charge on any atom is -0.461 e. The molecule has 1 fully saturated rings. The third-order valence-electron chi connectivity index (χ3n) is 3.68. The van der Waals surface area contributed by atoms with Crippen LogP contribution in [-0.2, 0) is 20.9 Å². The Kier molecular flexibility index (Phi) is 5.15. The van der Waals surface area contributed by atoms with E-state index >= 15 is 0 Å². The molecular formula is C16H23NO3. The topological polar surface area (TPSA) is 47.6 Å². The van der Waals surface area contributed by atoms with E-state index < -0.39 is 0 Å². The van der Waals surface area contributed by atoms with Gasteiger partial charge in [-0.15, -0.1) is 0 Å². The second kappa shape index (κ2) is 6.86. The van der Waals surface area contributed by atoms with E-state index in [1.54, 1.807) is 0 Å². The van der Waals surface area contributed by atoms with E-state index in [4.69, 9.17) is 9.47 Å². The highest BCUT2D eigenvalue weighted by Gasteiger charge is 2.30. The van der Waals surface area contributed by atoms with Crippen molar-refractivity contribution in [1.29, 1.82) is 0 Å². The van der Waals surface area contributed by atoms with Gasteiger partial charge in [-0.05, 0) is 18.9 Å². The van der Waals surface area contributed by atoms with Gasteiger partial charge >= 0.3 is 5.97 Å². The summed E-state index contributed by atoms with van der Waals surface area (Å²) >= 11 is 0. The van der Waals surface area contributed by atoms with Crippen LogP contribution >= 0.6 is 0 Å². The minimum atomic E-state index is -0.163. The highest BCUT2D eigenvalue weighted by atomic mass is 16.5. The van der Waals surface area contributed by atoms with Crippen LogP contribution in [0, 0.1) is 5.92 Å². The largest absolute Gasteiger partial charge is 0.461 e.